The van der Waals surface area contributed by atoms with E-state index in [1.807, 2.05) is 0 Å². The highest BCUT2D eigenvalue weighted by atomic mass is 16.4. The van der Waals surface area contributed by atoms with E-state index in [9.17, 15) is 24.6 Å². The van der Waals surface area contributed by atoms with Crippen molar-refractivity contribution in [3.8, 4) is 11.5 Å². The predicted octanol–water partition coefficient (Wildman–Crippen LogP) is 0.736. The van der Waals surface area contributed by atoms with Gasteiger partial charge >= 0.3 is 5.97 Å². The van der Waals surface area contributed by atoms with E-state index in [0.29, 0.717) is 0 Å². The summed E-state index contributed by atoms with van der Waals surface area (Å²) in [6.07, 6.45) is 0. The second kappa shape index (κ2) is 4.47. The van der Waals surface area contributed by atoms with Crippen molar-refractivity contribution >= 4 is 28.9 Å². The summed E-state index contributed by atoms with van der Waals surface area (Å²) < 4.78 is 0. The lowest BCUT2D eigenvalue weighted by Crippen LogP contribution is -2.25. The van der Waals surface area contributed by atoms with Crippen LogP contribution in [0.5, 0.6) is 11.5 Å². The van der Waals surface area contributed by atoms with Gasteiger partial charge in [-0.3, -0.25) is 9.59 Å². The molecule has 2 aromatic rings. The maximum atomic E-state index is 12.6. The van der Waals surface area contributed by atoms with Gasteiger partial charge < -0.3 is 26.8 Å². The van der Waals surface area contributed by atoms with Crippen molar-refractivity contribution in [3.05, 3.63) is 46.0 Å². The third-order valence-electron chi connectivity index (χ3n) is 3.70. The van der Waals surface area contributed by atoms with Crippen LogP contribution in [0.15, 0.2) is 18.2 Å². The zero-order valence-corrected chi connectivity index (χ0v) is 11.5. The minimum atomic E-state index is -1.41. The Bertz CT molecular complexity index is 932. The zero-order chi connectivity index (χ0) is 17.0. The van der Waals surface area contributed by atoms with Crippen LogP contribution in [0.25, 0.3) is 0 Å². The molecule has 1 aliphatic carbocycles. The number of rotatable bonds is 1. The van der Waals surface area contributed by atoms with Crippen LogP contribution in [0, 0.1) is 0 Å². The van der Waals surface area contributed by atoms with Gasteiger partial charge in [0.2, 0.25) is 11.6 Å². The monoisotopic (exact) mass is 314 g/mol. The third kappa shape index (κ3) is 1.75. The second-order valence-electron chi connectivity index (χ2n) is 4.99. The topological polar surface area (TPSA) is 164 Å². The van der Waals surface area contributed by atoms with Crippen molar-refractivity contribution in [2.75, 3.05) is 11.5 Å². The van der Waals surface area contributed by atoms with Crippen LogP contribution in [0.2, 0.25) is 0 Å². The lowest BCUT2D eigenvalue weighted by atomic mass is 9.80. The molecular formula is C15H10N2O6. The maximum absolute atomic E-state index is 12.6. The summed E-state index contributed by atoms with van der Waals surface area (Å²) in [4.78, 5) is 36.4. The number of hydrogen-bond donors (Lipinski definition) is 5. The molecular weight excluding hydrogens is 304 g/mol. The first-order chi connectivity index (χ1) is 10.8. The van der Waals surface area contributed by atoms with E-state index in [1.165, 1.54) is 0 Å². The molecule has 0 bridgehead atoms. The molecule has 0 atom stereocenters. The molecule has 1 aliphatic rings. The summed E-state index contributed by atoms with van der Waals surface area (Å²) in [5.74, 6) is -4.13. The summed E-state index contributed by atoms with van der Waals surface area (Å²) in [6, 6.07) is 3.09. The predicted molar refractivity (Wildman–Crippen MR) is 78.9 cm³/mol. The molecule has 0 aliphatic heterocycles. The molecule has 0 saturated carbocycles. The molecule has 116 valence electrons. The molecule has 0 radical (unpaired) electrons. The van der Waals surface area contributed by atoms with Gasteiger partial charge in [-0.1, -0.05) is 0 Å². The Morgan fingerprint density at radius 2 is 1.35 bits per heavy atom. The van der Waals surface area contributed by atoms with Crippen LogP contribution in [-0.4, -0.2) is 32.9 Å². The van der Waals surface area contributed by atoms with Gasteiger partial charge in [0.15, 0.2) is 0 Å². The largest absolute Gasteiger partial charge is 0.507 e. The Kier molecular flexibility index (Phi) is 2.80. The van der Waals surface area contributed by atoms with Gasteiger partial charge in [0, 0.05) is 5.69 Å². The highest BCUT2D eigenvalue weighted by Gasteiger charge is 2.38. The molecule has 7 N–H and O–H groups in total. The van der Waals surface area contributed by atoms with Gasteiger partial charge in [0.05, 0.1) is 33.5 Å². The van der Waals surface area contributed by atoms with Crippen molar-refractivity contribution in [2.24, 2.45) is 0 Å². The number of ketones is 2. The number of nitrogen functional groups attached to an aromatic ring is 2. The molecule has 0 amide bonds. The summed E-state index contributed by atoms with van der Waals surface area (Å²) in [5, 5.41) is 28.8. The fourth-order valence-electron chi connectivity index (χ4n) is 2.67. The van der Waals surface area contributed by atoms with E-state index in [2.05, 4.69) is 0 Å². The molecule has 8 nitrogen and oxygen atoms in total. The van der Waals surface area contributed by atoms with Crippen molar-refractivity contribution in [1.82, 2.24) is 0 Å². The number of phenolic OH excluding ortho intramolecular Hbond substituents is 2. The number of carboxylic acid groups (broad SMARTS) is 1. The molecule has 0 aromatic heterocycles. The number of aromatic carboxylic acids is 1. The first-order valence-corrected chi connectivity index (χ1v) is 6.35. The van der Waals surface area contributed by atoms with Crippen molar-refractivity contribution in [1.29, 1.82) is 0 Å². The minimum absolute atomic E-state index is 0.252. The summed E-state index contributed by atoms with van der Waals surface area (Å²) >= 11 is 0. The Morgan fingerprint density at radius 3 is 1.83 bits per heavy atom. The molecule has 8 heteroatoms. The smallest absolute Gasteiger partial charge is 0.337 e. The van der Waals surface area contributed by atoms with E-state index >= 15 is 0 Å². The van der Waals surface area contributed by atoms with Crippen molar-refractivity contribution in [3.63, 3.8) is 0 Å². The SMILES string of the molecule is Nc1cc(C(=O)O)c(N)c2c1C(=O)c1c(O)ccc(O)c1C2=O. The molecule has 2 aromatic carbocycles. The van der Waals surface area contributed by atoms with Crippen LogP contribution in [0.1, 0.15) is 42.2 Å². The lowest BCUT2D eigenvalue weighted by Gasteiger charge is -2.22. The van der Waals surface area contributed by atoms with E-state index in [-0.39, 0.29) is 16.8 Å². The highest BCUT2D eigenvalue weighted by Crippen LogP contribution is 2.42. The fraction of sp³-hybridized carbons (Fsp3) is 0. The second-order valence-corrected chi connectivity index (χ2v) is 4.99. The summed E-state index contributed by atoms with van der Waals surface area (Å²) in [6.45, 7) is 0. The van der Waals surface area contributed by atoms with Gasteiger partial charge in [-0.05, 0) is 18.2 Å². The Morgan fingerprint density at radius 1 is 0.870 bits per heavy atom. The number of hydrogen-bond acceptors (Lipinski definition) is 7. The number of carbonyl (C=O) groups is 3. The molecule has 0 saturated heterocycles. The van der Waals surface area contributed by atoms with Crippen LogP contribution in [-0.2, 0) is 0 Å². The standard InChI is InChI=1S/C15H10N2O6/c16-5-3-4(15(22)23)12(17)11-8(5)13(20)9-6(18)1-2-7(19)10(9)14(11)21/h1-3,18-19H,16-17H2,(H,22,23). The first kappa shape index (κ1) is 14.4. The normalized spacial score (nSPS) is 12.7. The third-order valence-corrected chi connectivity index (χ3v) is 3.70. The van der Waals surface area contributed by atoms with Gasteiger partial charge in [-0.25, -0.2) is 4.79 Å². The van der Waals surface area contributed by atoms with Crippen LogP contribution in [0.4, 0.5) is 11.4 Å². The van der Waals surface area contributed by atoms with E-state index in [0.717, 1.165) is 18.2 Å². The quantitative estimate of drug-likeness (QED) is 0.324. The lowest BCUT2D eigenvalue weighted by molar-refractivity contribution is 0.0697. The highest BCUT2D eigenvalue weighted by molar-refractivity contribution is 6.34. The van der Waals surface area contributed by atoms with Crippen LogP contribution in [0.3, 0.4) is 0 Å². The number of anilines is 2. The van der Waals surface area contributed by atoms with Crippen molar-refractivity contribution < 1.29 is 29.7 Å². The van der Waals surface area contributed by atoms with Crippen LogP contribution < -0.4 is 11.5 Å². The molecule has 23 heavy (non-hydrogen) atoms. The van der Waals surface area contributed by atoms with Gasteiger partial charge in [0.1, 0.15) is 11.5 Å². The van der Waals surface area contributed by atoms with Crippen molar-refractivity contribution in [2.45, 2.75) is 0 Å². The maximum Gasteiger partial charge on any atom is 0.337 e. The number of fused-ring (bicyclic) bond motifs is 2. The molecule has 0 spiro atoms. The van der Waals surface area contributed by atoms with E-state index < -0.39 is 51.4 Å². The number of nitrogens with two attached hydrogens (primary N) is 2. The molecule has 0 fully saturated rings. The Labute approximate surface area is 128 Å². The summed E-state index contributed by atoms with van der Waals surface area (Å²) in [5.41, 5.74) is 8.83. The molecule has 0 unspecified atom stereocenters. The van der Waals surface area contributed by atoms with Gasteiger partial charge in [0.25, 0.3) is 0 Å². The number of carbonyl (C=O) groups excluding carboxylic acids is 2. The Hall–Kier alpha value is -3.55. The van der Waals surface area contributed by atoms with E-state index in [4.69, 9.17) is 16.6 Å². The number of aromatic hydroxyl groups is 2. The van der Waals surface area contributed by atoms with E-state index in [1.54, 1.807) is 0 Å². The number of carboxylic acids is 1. The average Bonchev–Trinajstić information content (AvgIpc) is 2.48. The summed E-state index contributed by atoms with van der Waals surface area (Å²) in [7, 11) is 0. The van der Waals surface area contributed by atoms with Gasteiger partial charge in [-0.2, -0.15) is 0 Å². The molecule has 0 heterocycles. The Balaban J connectivity index is 2.46. The fourth-order valence-corrected chi connectivity index (χ4v) is 2.67. The van der Waals surface area contributed by atoms with Crippen LogP contribution >= 0.6 is 0 Å². The molecule has 3 rings (SSSR count). The zero-order valence-electron chi connectivity index (χ0n) is 11.5. The first-order valence-electron chi connectivity index (χ1n) is 6.35. The number of benzene rings is 2. The number of phenols is 2. The van der Waals surface area contributed by atoms with Gasteiger partial charge in [-0.15, -0.1) is 0 Å². The minimum Gasteiger partial charge on any atom is -0.507 e. The average molecular weight is 314 g/mol.